The van der Waals surface area contributed by atoms with E-state index in [0.717, 1.165) is 0 Å². The predicted octanol–water partition coefficient (Wildman–Crippen LogP) is 2.06. The Balaban J connectivity index is 2.16. The first-order chi connectivity index (χ1) is 14.0. The zero-order valence-corrected chi connectivity index (χ0v) is 16.3. The summed E-state index contributed by atoms with van der Waals surface area (Å²) in [6, 6.07) is 13.9. The van der Waals surface area contributed by atoms with Crippen LogP contribution in [-0.4, -0.2) is 44.8 Å². The molecule has 2 aromatic rings. The van der Waals surface area contributed by atoms with Crippen LogP contribution in [0.25, 0.3) is 0 Å². The number of benzene rings is 2. The fourth-order valence-corrected chi connectivity index (χ4v) is 3.54. The minimum absolute atomic E-state index is 0.374. The second kappa shape index (κ2) is 8.32. The molecule has 29 heavy (non-hydrogen) atoms. The summed E-state index contributed by atoms with van der Waals surface area (Å²) in [4.78, 5) is 38.7. The van der Waals surface area contributed by atoms with Crippen LogP contribution in [0.2, 0.25) is 0 Å². The molecule has 1 saturated heterocycles. The molecule has 3 unspecified atom stereocenters. The maximum absolute atomic E-state index is 13.5. The van der Waals surface area contributed by atoms with E-state index in [1.54, 1.807) is 54.6 Å². The summed E-state index contributed by atoms with van der Waals surface area (Å²) in [6.07, 6.45) is 0. The normalized spacial score (nSPS) is 23.5. The van der Waals surface area contributed by atoms with E-state index in [4.69, 9.17) is 14.2 Å². The Kier molecular flexibility index (Phi) is 5.84. The van der Waals surface area contributed by atoms with Gasteiger partial charge in [-0.25, -0.2) is 9.59 Å². The van der Waals surface area contributed by atoms with Gasteiger partial charge in [-0.2, -0.15) is 0 Å². The molecule has 8 heteroatoms. The standard InChI is InChI=1S/C21H22N2O6/c1-27-15-11-9-13(10-12-15)17-16(18(24)14-7-5-4-6-8-14)21(29-3,19(25)28-2)23-20(26)22-17/h4-12,16-17H,1-3H3,(H2,22,23,26). The van der Waals surface area contributed by atoms with E-state index in [-0.39, 0.29) is 5.78 Å². The number of methoxy groups -OCH3 is 3. The number of hydrogen-bond acceptors (Lipinski definition) is 6. The average molecular weight is 398 g/mol. The molecule has 3 atom stereocenters. The molecule has 1 aliphatic rings. The van der Waals surface area contributed by atoms with E-state index in [9.17, 15) is 14.4 Å². The average Bonchev–Trinajstić information content (AvgIpc) is 2.77. The first-order valence-electron chi connectivity index (χ1n) is 8.92. The predicted molar refractivity (Wildman–Crippen MR) is 103 cm³/mol. The van der Waals surface area contributed by atoms with E-state index in [2.05, 4.69) is 10.6 Å². The van der Waals surface area contributed by atoms with Crippen LogP contribution in [-0.2, 0) is 14.3 Å². The highest BCUT2D eigenvalue weighted by Crippen LogP contribution is 2.38. The summed E-state index contributed by atoms with van der Waals surface area (Å²) >= 11 is 0. The van der Waals surface area contributed by atoms with Crippen LogP contribution in [0, 0.1) is 5.92 Å². The van der Waals surface area contributed by atoms with Crippen molar-refractivity contribution in [1.82, 2.24) is 10.6 Å². The van der Waals surface area contributed by atoms with Crippen molar-refractivity contribution >= 4 is 17.8 Å². The highest BCUT2D eigenvalue weighted by Gasteiger charge is 2.59. The second-order valence-electron chi connectivity index (χ2n) is 6.49. The van der Waals surface area contributed by atoms with Crippen molar-refractivity contribution in [3.63, 3.8) is 0 Å². The fraction of sp³-hybridized carbons (Fsp3) is 0.286. The summed E-state index contributed by atoms with van der Waals surface area (Å²) in [6.45, 7) is 0. The minimum atomic E-state index is -1.99. The minimum Gasteiger partial charge on any atom is -0.497 e. The summed E-state index contributed by atoms with van der Waals surface area (Å²) in [5, 5.41) is 5.20. The maximum Gasteiger partial charge on any atom is 0.360 e. The van der Waals surface area contributed by atoms with Crippen molar-refractivity contribution in [2.24, 2.45) is 5.92 Å². The molecule has 1 aliphatic heterocycles. The van der Waals surface area contributed by atoms with Crippen LogP contribution in [0.15, 0.2) is 54.6 Å². The van der Waals surface area contributed by atoms with Crippen LogP contribution in [0.3, 0.4) is 0 Å². The number of carbonyl (C=O) groups excluding carboxylic acids is 3. The molecule has 2 N–H and O–H groups in total. The van der Waals surface area contributed by atoms with Gasteiger partial charge in [0.15, 0.2) is 5.78 Å². The number of nitrogens with one attached hydrogen (secondary N) is 2. The molecule has 0 aromatic heterocycles. The molecule has 0 aliphatic carbocycles. The number of esters is 1. The Morgan fingerprint density at radius 1 is 0.966 bits per heavy atom. The third-order valence-corrected chi connectivity index (χ3v) is 4.98. The van der Waals surface area contributed by atoms with Gasteiger partial charge in [-0.05, 0) is 17.7 Å². The number of ether oxygens (including phenoxy) is 3. The van der Waals surface area contributed by atoms with Gasteiger partial charge in [-0.15, -0.1) is 0 Å². The zero-order chi connectivity index (χ0) is 21.0. The Hall–Kier alpha value is -3.39. The first kappa shape index (κ1) is 20.3. The molecule has 0 spiro atoms. The van der Waals surface area contributed by atoms with Crippen molar-refractivity contribution in [3.8, 4) is 5.75 Å². The first-order valence-corrected chi connectivity index (χ1v) is 8.92. The number of carbonyl (C=O) groups is 3. The number of amides is 2. The Morgan fingerprint density at radius 2 is 1.62 bits per heavy atom. The third-order valence-electron chi connectivity index (χ3n) is 4.98. The maximum atomic E-state index is 13.5. The Morgan fingerprint density at radius 3 is 2.17 bits per heavy atom. The van der Waals surface area contributed by atoms with E-state index < -0.39 is 29.7 Å². The van der Waals surface area contributed by atoms with Crippen LogP contribution in [0.5, 0.6) is 5.75 Å². The molecule has 1 heterocycles. The van der Waals surface area contributed by atoms with Gasteiger partial charge in [0.05, 0.1) is 20.3 Å². The van der Waals surface area contributed by atoms with Crippen LogP contribution in [0.1, 0.15) is 22.0 Å². The van der Waals surface area contributed by atoms with Crippen LogP contribution < -0.4 is 15.4 Å². The number of ketones is 1. The lowest BCUT2D eigenvalue weighted by Gasteiger charge is -2.44. The molecule has 152 valence electrons. The van der Waals surface area contributed by atoms with E-state index in [1.165, 1.54) is 21.3 Å². The Labute approximate surface area is 168 Å². The number of Topliss-reactive ketones (excluding diaryl/α,β-unsaturated/α-hetero) is 1. The van der Waals surface area contributed by atoms with Crippen LogP contribution >= 0.6 is 0 Å². The largest absolute Gasteiger partial charge is 0.497 e. The third kappa shape index (κ3) is 3.66. The lowest BCUT2D eigenvalue weighted by molar-refractivity contribution is -0.178. The summed E-state index contributed by atoms with van der Waals surface area (Å²) in [5.74, 6) is -1.77. The number of urea groups is 1. The van der Waals surface area contributed by atoms with Crippen molar-refractivity contribution in [2.45, 2.75) is 11.8 Å². The quantitative estimate of drug-likeness (QED) is 0.570. The molecular formula is C21H22N2O6. The van der Waals surface area contributed by atoms with Gasteiger partial charge in [0.25, 0.3) is 5.72 Å². The number of hydrogen-bond donors (Lipinski definition) is 2. The molecule has 2 aromatic carbocycles. The van der Waals surface area contributed by atoms with Crippen molar-refractivity contribution < 1.29 is 28.6 Å². The van der Waals surface area contributed by atoms with E-state index >= 15 is 0 Å². The van der Waals surface area contributed by atoms with Gasteiger partial charge < -0.3 is 19.5 Å². The molecule has 1 fully saturated rings. The molecule has 3 rings (SSSR count). The summed E-state index contributed by atoms with van der Waals surface area (Å²) in [7, 11) is 3.96. The topological polar surface area (TPSA) is 103 Å². The fourth-order valence-electron chi connectivity index (χ4n) is 3.54. The molecule has 0 bridgehead atoms. The monoisotopic (exact) mass is 398 g/mol. The summed E-state index contributed by atoms with van der Waals surface area (Å²) in [5.41, 5.74) is -1.01. The Bertz CT molecular complexity index is 899. The van der Waals surface area contributed by atoms with Crippen molar-refractivity contribution in [3.05, 3.63) is 65.7 Å². The van der Waals surface area contributed by atoms with Gasteiger partial charge in [-0.1, -0.05) is 42.5 Å². The highest BCUT2D eigenvalue weighted by molar-refractivity contribution is 6.04. The number of rotatable bonds is 6. The van der Waals surface area contributed by atoms with Gasteiger partial charge in [0.2, 0.25) is 0 Å². The lowest BCUT2D eigenvalue weighted by Crippen LogP contribution is -2.71. The van der Waals surface area contributed by atoms with Crippen LogP contribution in [0.4, 0.5) is 4.79 Å². The van der Waals surface area contributed by atoms with E-state index in [0.29, 0.717) is 16.9 Å². The highest BCUT2D eigenvalue weighted by atomic mass is 16.6. The molecular weight excluding hydrogens is 376 g/mol. The van der Waals surface area contributed by atoms with E-state index in [1.807, 2.05) is 0 Å². The van der Waals surface area contributed by atoms with Gasteiger partial charge in [0.1, 0.15) is 11.7 Å². The zero-order valence-electron chi connectivity index (χ0n) is 16.3. The molecule has 0 saturated carbocycles. The molecule has 8 nitrogen and oxygen atoms in total. The smallest absolute Gasteiger partial charge is 0.360 e. The van der Waals surface area contributed by atoms with Gasteiger partial charge in [0, 0.05) is 12.7 Å². The molecule has 2 amide bonds. The SMILES string of the molecule is COC(=O)C1(OC)NC(=O)NC(c2ccc(OC)cc2)C1C(=O)c1ccccc1. The molecule has 0 radical (unpaired) electrons. The second-order valence-corrected chi connectivity index (χ2v) is 6.49. The van der Waals surface area contributed by atoms with Crippen molar-refractivity contribution in [1.29, 1.82) is 0 Å². The summed E-state index contributed by atoms with van der Waals surface area (Å²) < 4.78 is 15.5. The van der Waals surface area contributed by atoms with Crippen molar-refractivity contribution in [2.75, 3.05) is 21.3 Å². The van der Waals surface area contributed by atoms with Gasteiger partial charge >= 0.3 is 12.0 Å². The lowest BCUT2D eigenvalue weighted by atomic mass is 9.77. The van der Waals surface area contributed by atoms with Gasteiger partial charge in [-0.3, -0.25) is 10.1 Å².